The number of benzene rings is 1. The molecule has 3 N–H and O–H groups in total. The van der Waals surface area contributed by atoms with Crippen LogP contribution in [0.15, 0.2) is 24.3 Å². The van der Waals surface area contributed by atoms with Crippen LogP contribution in [-0.2, 0) is 15.2 Å². The van der Waals surface area contributed by atoms with Crippen molar-refractivity contribution in [1.29, 1.82) is 0 Å². The smallest absolute Gasteiger partial charge is 0.224 e. The molecule has 172 valence electrons. The first-order chi connectivity index (χ1) is 14.4. The number of likely N-dealkylation sites (tertiary alicyclic amines) is 1. The first-order valence-corrected chi connectivity index (χ1v) is 11.5. The van der Waals surface area contributed by atoms with Gasteiger partial charge in [0.2, 0.25) is 12.3 Å². The number of hydrogen-bond acceptors (Lipinski definition) is 4. The summed E-state index contributed by atoms with van der Waals surface area (Å²) >= 11 is 6.02. The van der Waals surface area contributed by atoms with E-state index in [1.54, 1.807) is 17.0 Å². The third kappa shape index (κ3) is 4.76. The molecule has 0 bridgehead atoms. The van der Waals surface area contributed by atoms with E-state index in [2.05, 4.69) is 0 Å². The van der Waals surface area contributed by atoms with Crippen molar-refractivity contribution in [3.8, 4) is 0 Å². The Morgan fingerprint density at radius 3 is 2.48 bits per heavy atom. The van der Waals surface area contributed by atoms with Crippen molar-refractivity contribution in [3.63, 3.8) is 0 Å². The van der Waals surface area contributed by atoms with Crippen LogP contribution in [0.25, 0.3) is 0 Å². The lowest BCUT2D eigenvalue weighted by Gasteiger charge is -2.51. The van der Waals surface area contributed by atoms with Crippen LogP contribution in [0.4, 0.5) is 0 Å². The normalized spacial score (nSPS) is 28.4. The lowest BCUT2D eigenvalue weighted by molar-refractivity contribution is -0.155. The fourth-order valence-corrected chi connectivity index (χ4v) is 5.46. The van der Waals surface area contributed by atoms with Gasteiger partial charge in [0, 0.05) is 47.6 Å². The lowest BCUT2D eigenvalue weighted by atomic mass is 9.66. The average molecular weight is 450 g/mol. The highest BCUT2D eigenvalue weighted by atomic mass is 35.5. The molecule has 0 spiro atoms. The van der Waals surface area contributed by atoms with Crippen LogP contribution in [0.2, 0.25) is 5.02 Å². The zero-order valence-corrected chi connectivity index (χ0v) is 19.9. The number of hydrogen-bond donors (Lipinski definition) is 2. The van der Waals surface area contributed by atoms with E-state index in [4.69, 9.17) is 17.3 Å². The number of carbonyl (C=O) groups is 2. The number of rotatable bonds is 6. The summed E-state index contributed by atoms with van der Waals surface area (Å²) in [6.07, 6.45) is 4.12. The Hall–Kier alpha value is -1.63. The highest BCUT2D eigenvalue weighted by Crippen LogP contribution is 2.46. The van der Waals surface area contributed by atoms with Crippen molar-refractivity contribution in [2.24, 2.45) is 11.1 Å². The summed E-state index contributed by atoms with van der Waals surface area (Å²) in [6.45, 7) is 8.78. The van der Waals surface area contributed by atoms with E-state index in [1.165, 1.54) is 0 Å². The number of halogens is 1. The minimum atomic E-state index is -1.04. The molecule has 6 nitrogen and oxygen atoms in total. The molecule has 2 fully saturated rings. The number of nitrogens with two attached hydrogens (primary N) is 1. The molecule has 1 heterocycles. The fourth-order valence-electron chi connectivity index (χ4n) is 5.34. The molecule has 1 aliphatic heterocycles. The summed E-state index contributed by atoms with van der Waals surface area (Å²) in [6, 6.07) is 7.50. The Morgan fingerprint density at radius 1 is 1.32 bits per heavy atom. The van der Waals surface area contributed by atoms with Gasteiger partial charge in [0.1, 0.15) is 0 Å². The fraction of sp³-hybridized carbons (Fsp3) is 0.667. The molecule has 2 amide bonds. The van der Waals surface area contributed by atoms with E-state index in [0.29, 0.717) is 24.5 Å². The third-order valence-corrected chi connectivity index (χ3v) is 7.61. The van der Waals surface area contributed by atoms with Crippen molar-refractivity contribution in [2.45, 2.75) is 83.0 Å². The summed E-state index contributed by atoms with van der Waals surface area (Å²) in [5.74, 6) is 0.00498. The van der Waals surface area contributed by atoms with Crippen LogP contribution in [0.3, 0.4) is 0 Å². The zero-order valence-electron chi connectivity index (χ0n) is 19.1. The number of carbonyl (C=O) groups excluding carboxylic acids is 2. The quantitative estimate of drug-likeness (QED) is 0.652. The summed E-state index contributed by atoms with van der Waals surface area (Å²) in [5, 5.41) is 12.2. The highest BCUT2D eigenvalue weighted by molar-refractivity contribution is 6.30. The molecule has 3 atom stereocenters. The Kier molecular flexibility index (Phi) is 6.76. The second-order valence-corrected chi connectivity index (χ2v) is 11.0. The van der Waals surface area contributed by atoms with Gasteiger partial charge in [0.15, 0.2) is 0 Å². The molecule has 7 heteroatoms. The second kappa shape index (κ2) is 8.72. The first kappa shape index (κ1) is 24.0. The highest BCUT2D eigenvalue weighted by Gasteiger charge is 2.50. The summed E-state index contributed by atoms with van der Waals surface area (Å²) < 4.78 is 0. The number of aliphatic hydroxyl groups is 1. The molecule has 1 saturated heterocycles. The molecule has 3 rings (SSSR count). The van der Waals surface area contributed by atoms with Crippen LogP contribution >= 0.6 is 11.6 Å². The number of amides is 2. The Labute approximate surface area is 190 Å². The van der Waals surface area contributed by atoms with Crippen molar-refractivity contribution in [1.82, 2.24) is 9.80 Å². The van der Waals surface area contributed by atoms with Crippen LogP contribution in [0.1, 0.15) is 65.4 Å². The molecule has 2 aliphatic rings. The largest absolute Gasteiger partial charge is 0.384 e. The van der Waals surface area contributed by atoms with Gasteiger partial charge in [-0.15, -0.1) is 0 Å². The van der Waals surface area contributed by atoms with Gasteiger partial charge in [0.25, 0.3) is 0 Å². The van der Waals surface area contributed by atoms with Gasteiger partial charge < -0.3 is 20.6 Å². The van der Waals surface area contributed by atoms with E-state index in [9.17, 15) is 14.7 Å². The zero-order chi connectivity index (χ0) is 23.0. The maximum absolute atomic E-state index is 13.3. The molecule has 1 saturated carbocycles. The van der Waals surface area contributed by atoms with Crippen LogP contribution in [-0.4, -0.2) is 57.9 Å². The Balaban J connectivity index is 1.70. The van der Waals surface area contributed by atoms with Gasteiger partial charge in [-0.2, -0.15) is 0 Å². The third-order valence-electron chi connectivity index (χ3n) is 7.36. The van der Waals surface area contributed by atoms with Crippen molar-refractivity contribution >= 4 is 23.9 Å². The van der Waals surface area contributed by atoms with Gasteiger partial charge >= 0.3 is 0 Å². The summed E-state index contributed by atoms with van der Waals surface area (Å²) in [4.78, 5) is 28.8. The molecule has 1 aliphatic carbocycles. The monoisotopic (exact) mass is 449 g/mol. The van der Waals surface area contributed by atoms with E-state index >= 15 is 0 Å². The SMILES string of the molecule is CC(C)(CC(=O)N1CC[C@](O)(c2ccc(Cl)cc2)C(C)(C)C1)N(C=O)[C@@H]1CC[C@@H](N)C1. The number of piperidine rings is 1. The van der Waals surface area contributed by atoms with Crippen LogP contribution in [0.5, 0.6) is 0 Å². The Bertz CT molecular complexity index is 811. The topological polar surface area (TPSA) is 86.9 Å². The second-order valence-electron chi connectivity index (χ2n) is 10.5. The molecule has 0 aromatic heterocycles. The molecule has 1 aromatic carbocycles. The van der Waals surface area contributed by atoms with Gasteiger partial charge in [0.05, 0.1) is 5.60 Å². The van der Waals surface area contributed by atoms with Gasteiger partial charge in [-0.1, -0.05) is 37.6 Å². The van der Waals surface area contributed by atoms with Crippen molar-refractivity contribution < 1.29 is 14.7 Å². The minimum Gasteiger partial charge on any atom is -0.384 e. The number of nitrogens with zero attached hydrogens (tertiary/aromatic N) is 2. The van der Waals surface area contributed by atoms with Crippen LogP contribution in [0, 0.1) is 5.41 Å². The molecular formula is C24H36ClN3O3. The van der Waals surface area contributed by atoms with Gasteiger partial charge in [-0.25, -0.2) is 0 Å². The molecule has 1 aromatic rings. The van der Waals surface area contributed by atoms with Gasteiger partial charge in [-0.05, 0) is 57.2 Å². The van der Waals surface area contributed by atoms with E-state index in [0.717, 1.165) is 31.2 Å². The maximum atomic E-state index is 13.3. The average Bonchev–Trinajstić information content (AvgIpc) is 3.10. The van der Waals surface area contributed by atoms with E-state index < -0.39 is 16.6 Å². The predicted octanol–water partition coefficient (Wildman–Crippen LogP) is 3.29. The summed E-state index contributed by atoms with van der Waals surface area (Å²) in [7, 11) is 0. The molecular weight excluding hydrogens is 414 g/mol. The van der Waals surface area contributed by atoms with E-state index in [1.807, 2.05) is 44.7 Å². The van der Waals surface area contributed by atoms with Crippen molar-refractivity contribution in [3.05, 3.63) is 34.9 Å². The van der Waals surface area contributed by atoms with Crippen LogP contribution < -0.4 is 5.73 Å². The summed E-state index contributed by atoms with van der Waals surface area (Å²) in [5.41, 5.74) is 4.68. The minimum absolute atomic E-state index is 0.00498. The maximum Gasteiger partial charge on any atom is 0.224 e. The molecule has 0 radical (unpaired) electrons. The Morgan fingerprint density at radius 2 is 1.97 bits per heavy atom. The lowest BCUT2D eigenvalue weighted by Crippen LogP contribution is -2.58. The molecule has 0 unspecified atom stereocenters. The van der Waals surface area contributed by atoms with E-state index in [-0.39, 0.29) is 24.4 Å². The van der Waals surface area contributed by atoms with Crippen molar-refractivity contribution in [2.75, 3.05) is 13.1 Å². The standard InChI is InChI=1S/C24H36ClN3O3/c1-22(2)15-27(12-11-24(22,31)17-5-7-18(25)8-6-17)21(30)14-23(3,4)28(16-29)20-10-9-19(26)13-20/h5-8,16,19-20,31H,9-15,26H2,1-4H3/t19-,20-,24+/m1/s1. The van der Waals surface area contributed by atoms with Gasteiger partial charge in [-0.3, -0.25) is 9.59 Å². The first-order valence-electron chi connectivity index (χ1n) is 11.2. The molecule has 31 heavy (non-hydrogen) atoms. The predicted molar refractivity (Wildman–Crippen MR) is 123 cm³/mol.